The molecule has 0 bridgehead atoms. The van der Waals surface area contributed by atoms with E-state index in [1.165, 1.54) is 5.56 Å². The second kappa shape index (κ2) is 13.5. The van der Waals surface area contributed by atoms with Gasteiger partial charge in [-0.3, -0.25) is 0 Å². The van der Waals surface area contributed by atoms with Crippen molar-refractivity contribution >= 4 is 24.0 Å². The van der Waals surface area contributed by atoms with Gasteiger partial charge in [0.05, 0.1) is 13.2 Å². The van der Waals surface area contributed by atoms with Crippen LogP contribution in [0.15, 0.2) is 60.7 Å². The van der Waals surface area contributed by atoms with Crippen molar-refractivity contribution < 1.29 is 15.3 Å². The molecule has 0 aliphatic carbocycles. The predicted octanol–water partition coefficient (Wildman–Crippen LogP) is 2.81. The van der Waals surface area contributed by atoms with Crippen molar-refractivity contribution in [1.29, 1.82) is 0 Å². The molecule has 0 heterocycles. The Kier molecular flexibility index (Phi) is 14.5. The number of aliphatic hydroxyl groups excluding tert-OH is 1. The minimum atomic E-state index is 0. The third kappa shape index (κ3) is 9.61. The minimum Gasteiger partial charge on any atom is -0.412 e. The Bertz CT molecular complexity index is 393. The molecule has 19 heavy (non-hydrogen) atoms. The maximum Gasteiger partial charge on any atom is 0.0713 e. The molecule has 0 saturated carbocycles. The maximum absolute atomic E-state index is 8.54. The van der Waals surface area contributed by atoms with E-state index in [0.29, 0.717) is 6.61 Å². The van der Waals surface area contributed by atoms with Gasteiger partial charge in [-0.1, -0.05) is 60.7 Å². The Hall–Kier alpha value is -0.950. The minimum absolute atomic E-state index is 0. The lowest BCUT2D eigenvalue weighted by Gasteiger charge is -1.95. The van der Waals surface area contributed by atoms with Crippen molar-refractivity contribution in [2.24, 2.45) is 0 Å². The van der Waals surface area contributed by atoms with Crippen molar-refractivity contribution in [3.63, 3.8) is 0 Å². The highest BCUT2D eigenvalue weighted by Gasteiger charge is 1.84. The molecule has 0 radical (unpaired) electrons. The second-order valence-corrected chi connectivity index (χ2v) is 3.56. The summed E-state index contributed by atoms with van der Waals surface area (Å²) in [5.41, 5.74) is 2.19. The van der Waals surface area contributed by atoms with E-state index in [1.807, 2.05) is 60.7 Å². The van der Waals surface area contributed by atoms with Crippen LogP contribution in [0.25, 0.3) is 0 Å². The Morgan fingerprint density at radius 1 is 0.842 bits per heavy atom. The molecule has 0 saturated heterocycles. The van der Waals surface area contributed by atoms with E-state index in [-0.39, 0.29) is 36.1 Å². The second-order valence-electron chi connectivity index (χ2n) is 3.56. The number of hydrogen-bond acceptors (Lipinski definition) is 2. The van der Waals surface area contributed by atoms with Gasteiger partial charge in [0.15, 0.2) is 0 Å². The van der Waals surface area contributed by atoms with Crippen LogP contribution in [0.5, 0.6) is 0 Å². The molecule has 0 atom stereocenters. The van der Waals surface area contributed by atoms with Gasteiger partial charge in [0.25, 0.3) is 0 Å². The molecule has 3 nitrogen and oxygen atoms in total. The number of ether oxygens (including phenoxy) is 1. The van der Waals surface area contributed by atoms with Crippen molar-refractivity contribution in [3.8, 4) is 0 Å². The summed E-state index contributed by atoms with van der Waals surface area (Å²) in [6.07, 6.45) is 0. The molecule has 3 N–H and O–H groups in total. The van der Waals surface area contributed by atoms with Gasteiger partial charge in [0, 0.05) is 7.11 Å². The van der Waals surface area contributed by atoms with E-state index in [0.717, 1.165) is 5.56 Å². The van der Waals surface area contributed by atoms with Crippen LogP contribution in [0.4, 0.5) is 0 Å². The van der Waals surface area contributed by atoms with E-state index < -0.39 is 0 Å². The monoisotopic (exact) mass is 376 g/mol. The lowest BCUT2D eigenvalue weighted by molar-refractivity contribution is 0.185. The molecular formula is C15H21IO3. The molecule has 2 aromatic rings. The molecule has 0 spiro atoms. The predicted molar refractivity (Wildman–Crippen MR) is 88.5 cm³/mol. The van der Waals surface area contributed by atoms with Crippen molar-refractivity contribution in [3.05, 3.63) is 71.8 Å². The Balaban J connectivity index is 0. The number of aliphatic hydroxyl groups is 1. The quantitative estimate of drug-likeness (QED) is 0.838. The number of hydrogen-bond donors (Lipinski definition) is 1. The van der Waals surface area contributed by atoms with E-state index in [4.69, 9.17) is 9.84 Å². The summed E-state index contributed by atoms with van der Waals surface area (Å²) in [4.78, 5) is 0. The zero-order valence-electron chi connectivity index (χ0n) is 11.0. The van der Waals surface area contributed by atoms with Crippen LogP contribution in [-0.2, 0) is 18.0 Å². The first kappa shape index (κ1) is 20.4. The zero-order chi connectivity index (χ0) is 12.3. The van der Waals surface area contributed by atoms with E-state index in [9.17, 15) is 0 Å². The smallest absolute Gasteiger partial charge is 0.0713 e. The molecule has 0 fully saturated rings. The summed E-state index contributed by atoms with van der Waals surface area (Å²) in [6, 6.07) is 19.6. The van der Waals surface area contributed by atoms with Crippen LogP contribution in [-0.4, -0.2) is 17.7 Å². The van der Waals surface area contributed by atoms with Crippen LogP contribution in [0.1, 0.15) is 11.1 Å². The molecule has 0 unspecified atom stereocenters. The molecule has 0 amide bonds. The molecule has 4 heteroatoms. The highest BCUT2D eigenvalue weighted by Crippen LogP contribution is 1.98. The molecular weight excluding hydrogens is 355 g/mol. The van der Waals surface area contributed by atoms with Gasteiger partial charge in [0.2, 0.25) is 0 Å². The summed E-state index contributed by atoms with van der Waals surface area (Å²) in [5, 5.41) is 8.54. The molecule has 2 rings (SSSR count). The summed E-state index contributed by atoms with van der Waals surface area (Å²) in [5.74, 6) is 0. The third-order valence-electron chi connectivity index (χ3n) is 2.18. The average Bonchev–Trinajstić information content (AvgIpc) is 2.42. The third-order valence-corrected chi connectivity index (χ3v) is 2.18. The van der Waals surface area contributed by atoms with Crippen LogP contribution in [0.3, 0.4) is 0 Å². The van der Waals surface area contributed by atoms with E-state index >= 15 is 0 Å². The fraction of sp³-hybridized carbons (Fsp3) is 0.200. The van der Waals surface area contributed by atoms with Gasteiger partial charge in [-0.05, 0) is 11.1 Å². The van der Waals surface area contributed by atoms with Gasteiger partial charge in [-0.15, -0.1) is 24.0 Å². The Morgan fingerprint density at radius 3 is 1.58 bits per heavy atom. The van der Waals surface area contributed by atoms with Crippen LogP contribution < -0.4 is 0 Å². The first-order valence-electron chi connectivity index (χ1n) is 5.54. The van der Waals surface area contributed by atoms with Crippen molar-refractivity contribution in [2.75, 3.05) is 7.11 Å². The van der Waals surface area contributed by atoms with E-state index in [1.54, 1.807) is 7.11 Å². The molecule has 0 aromatic heterocycles. The molecule has 0 aliphatic rings. The number of rotatable bonds is 3. The fourth-order valence-corrected chi connectivity index (χ4v) is 1.32. The van der Waals surface area contributed by atoms with Crippen LogP contribution >= 0.6 is 24.0 Å². The lowest BCUT2D eigenvalue weighted by atomic mass is 10.2. The van der Waals surface area contributed by atoms with Gasteiger partial charge >= 0.3 is 0 Å². The summed E-state index contributed by atoms with van der Waals surface area (Å²) in [6.45, 7) is 0.849. The number of benzene rings is 2. The largest absolute Gasteiger partial charge is 0.412 e. The van der Waals surface area contributed by atoms with Crippen molar-refractivity contribution in [1.82, 2.24) is 0 Å². The standard InChI is InChI=1S/C8H10O.C7H8O.HI.H2O/c1-9-7-8-5-3-2-4-6-8;8-6-7-4-2-1-3-5-7;;/h2-6H,7H2,1H3;1-5,8H,6H2;1H;1H2. The van der Waals surface area contributed by atoms with Gasteiger partial charge in [-0.25, -0.2) is 0 Å². The van der Waals surface area contributed by atoms with Gasteiger partial charge in [0.1, 0.15) is 0 Å². The Labute approximate surface area is 131 Å². The summed E-state index contributed by atoms with van der Waals surface area (Å²) >= 11 is 0. The summed E-state index contributed by atoms with van der Waals surface area (Å²) in [7, 11) is 1.70. The van der Waals surface area contributed by atoms with Crippen molar-refractivity contribution in [2.45, 2.75) is 13.2 Å². The lowest BCUT2D eigenvalue weighted by Crippen LogP contribution is -1.84. The van der Waals surface area contributed by atoms with Gasteiger partial charge < -0.3 is 15.3 Å². The topological polar surface area (TPSA) is 61.0 Å². The number of methoxy groups -OCH3 is 1. The maximum atomic E-state index is 8.54. The molecule has 106 valence electrons. The fourth-order valence-electron chi connectivity index (χ4n) is 1.32. The zero-order valence-corrected chi connectivity index (χ0v) is 13.3. The van der Waals surface area contributed by atoms with Crippen LogP contribution in [0.2, 0.25) is 0 Å². The SMILES string of the molecule is COCc1ccccc1.I.O.OCc1ccccc1. The van der Waals surface area contributed by atoms with E-state index in [2.05, 4.69) is 0 Å². The molecule has 2 aromatic carbocycles. The Morgan fingerprint density at radius 2 is 1.26 bits per heavy atom. The number of halogens is 1. The molecule has 0 aliphatic heterocycles. The van der Waals surface area contributed by atoms with Gasteiger partial charge in [-0.2, -0.15) is 0 Å². The average molecular weight is 376 g/mol. The first-order valence-corrected chi connectivity index (χ1v) is 5.54. The normalized spacial score (nSPS) is 8.32. The highest BCUT2D eigenvalue weighted by atomic mass is 127. The van der Waals surface area contributed by atoms with Crippen LogP contribution in [0, 0.1) is 0 Å². The first-order chi connectivity index (χ1) is 8.36. The highest BCUT2D eigenvalue weighted by molar-refractivity contribution is 14.0. The summed E-state index contributed by atoms with van der Waals surface area (Å²) < 4.78 is 4.93.